The van der Waals surface area contributed by atoms with Crippen LogP contribution in [0.2, 0.25) is 0 Å². The molecule has 0 saturated carbocycles. The molecule has 0 N–H and O–H groups in total. The highest BCUT2D eigenvalue weighted by molar-refractivity contribution is 6.00. The predicted octanol–water partition coefficient (Wildman–Crippen LogP) is 12.5. The lowest BCUT2D eigenvalue weighted by Gasteiger charge is -2.34. The molecule has 1 aliphatic rings. The number of anilines is 6. The van der Waals surface area contributed by atoms with E-state index in [1.807, 2.05) is 0 Å². The number of benzene rings is 8. The molecule has 0 aliphatic carbocycles. The zero-order chi connectivity index (χ0) is 31.2. The Morgan fingerprint density at radius 3 is 1.85 bits per heavy atom. The Morgan fingerprint density at radius 2 is 0.979 bits per heavy atom. The minimum absolute atomic E-state index is 0.905. The summed E-state index contributed by atoms with van der Waals surface area (Å²) in [6, 6.07) is 65.9. The smallest absolute Gasteiger partial charge is 0.0540 e. The third-order valence-corrected chi connectivity index (χ3v) is 9.41. The summed E-state index contributed by atoms with van der Waals surface area (Å²) < 4.78 is 0. The second-order valence-electron chi connectivity index (χ2n) is 12.2. The Hall–Kier alpha value is -6.12. The van der Waals surface area contributed by atoms with E-state index in [4.69, 9.17) is 0 Å². The van der Waals surface area contributed by atoms with E-state index in [0.717, 1.165) is 23.5 Å². The van der Waals surface area contributed by atoms with E-state index < -0.39 is 0 Å². The maximum atomic E-state index is 2.45. The molecule has 0 fully saturated rings. The lowest BCUT2D eigenvalue weighted by atomic mass is 9.91. The molecular formula is C45H32N2. The fourth-order valence-corrected chi connectivity index (χ4v) is 7.14. The van der Waals surface area contributed by atoms with Crippen LogP contribution in [0.1, 0.15) is 11.1 Å². The summed E-state index contributed by atoms with van der Waals surface area (Å²) in [4.78, 5) is 4.78. The summed E-state index contributed by atoms with van der Waals surface area (Å²) >= 11 is 0. The van der Waals surface area contributed by atoms with Crippen molar-refractivity contribution in [3.05, 3.63) is 193 Å². The molecule has 47 heavy (non-hydrogen) atoms. The summed E-state index contributed by atoms with van der Waals surface area (Å²) in [5, 5.41) is 4.98. The molecule has 0 atom stereocenters. The van der Waals surface area contributed by atoms with Crippen LogP contribution in [-0.4, -0.2) is 0 Å². The van der Waals surface area contributed by atoms with Gasteiger partial charge < -0.3 is 9.80 Å². The fourth-order valence-electron chi connectivity index (χ4n) is 7.14. The van der Waals surface area contributed by atoms with E-state index in [0.29, 0.717) is 0 Å². The van der Waals surface area contributed by atoms with E-state index in [-0.39, 0.29) is 0 Å². The maximum absolute atomic E-state index is 2.45. The quantitative estimate of drug-likeness (QED) is 0.194. The topological polar surface area (TPSA) is 6.48 Å². The lowest BCUT2D eigenvalue weighted by molar-refractivity contribution is 1.09. The van der Waals surface area contributed by atoms with Gasteiger partial charge in [-0.2, -0.15) is 0 Å². The molecule has 0 amide bonds. The number of nitrogens with zero attached hydrogens (tertiary/aromatic N) is 2. The van der Waals surface area contributed by atoms with Crippen molar-refractivity contribution in [2.75, 3.05) is 9.80 Å². The number of fused-ring (bicyclic) bond motifs is 4. The van der Waals surface area contributed by atoms with E-state index >= 15 is 0 Å². The van der Waals surface area contributed by atoms with Crippen molar-refractivity contribution >= 4 is 55.7 Å². The van der Waals surface area contributed by atoms with Crippen molar-refractivity contribution in [3.8, 4) is 11.1 Å². The number of para-hydroxylation sites is 2. The number of hydrogen-bond acceptors (Lipinski definition) is 2. The summed E-state index contributed by atoms with van der Waals surface area (Å²) in [5.74, 6) is 0. The van der Waals surface area contributed by atoms with Crippen molar-refractivity contribution in [2.45, 2.75) is 6.42 Å². The van der Waals surface area contributed by atoms with Crippen molar-refractivity contribution in [1.29, 1.82) is 0 Å². The Kier molecular flexibility index (Phi) is 6.57. The van der Waals surface area contributed by atoms with Crippen LogP contribution < -0.4 is 9.80 Å². The standard InChI is InChI=1S/C45H32N2/c1-2-16-39(17-3-1)46(41-27-23-32-11-4-5-13-35(32)31-41)40-25-21-33(22-26-40)36-24-28-44-38(29-36)30-37-14-7-9-19-43(37)47(44)45-20-10-15-34-12-6-8-18-42(34)45/h1-29,31H,30H2. The van der Waals surface area contributed by atoms with Crippen molar-refractivity contribution in [1.82, 2.24) is 0 Å². The van der Waals surface area contributed by atoms with Gasteiger partial charge in [-0.25, -0.2) is 0 Å². The Labute approximate surface area is 275 Å². The lowest BCUT2D eigenvalue weighted by Crippen LogP contribution is -2.18. The maximum Gasteiger partial charge on any atom is 0.0540 e. The van der Waals surface area contributed by atoms with Crippen LogP contribution in [0.4, 0.5) is 34.1 Å². The van der Waals surface area contributed by atoms with E-state index in [1.165, 1.54) is 60.9 Å². The van der Waals surface area contributed by atoms with Crippen LogP contribution in [0.5, 0.6) is 0 Å². The molecule has 1 heterocycles. The SMILES string of the molecule is c1ccc(N(c2ccc(-c3ccc4c(c3)Cc3ccccc3N4c3cccc4ccccc34)cc2)c2ccc3ccccc3c2)cc1. The normalized spacial score (nSPS) is 12.1. The predicted molar refractivity (Wildman–Crippen MR) is 199 cm³/mol. The van der Waals surface area contributed by atoms with Crippen molar-refractivity contribution in [2.24, 2.45) is 0 Å². The van der Waals surface area contributed by atoms with Gasteiger partial charge in [0.15, 0.2) is 0 Å². The molecule has 0 saturated heterocycles. The summed E-state index contributed by atoms with van der Waals surface area (Å²) in [6.45, 7) is 0. The minimum atomic E-state index is 0.905. The highest BCUT2D eigenvalue weighted by Crippen LogP contribution is 2.47. The second-order valence-corrected chi connectivity index (χ2v) is 12.2. The molecule has 0 unspecified atom stereocenters. The van der Waals surface area contributed by atoms with E-state index in [1.54, 1.807) is 0 Å². The van der Waals surface area contributed by atoms with Crippen LogP contribution in [0.3, 0.4) is 0 Å². The average Bonchev–Trinajstić information content (AvgIpc) is 3.14. The van der Waals surface area contributed by atoms with Gasteiger partial charge in [-0.1, -0.05) is 121 Å². The van der Waals surface area contributed by atoms with Crippen LogP contribution in [-0.2, 0) is 6.42 Å². The van der Waals surface area contributed by atoms with E-state index in [2.05, 4.69) is 192 Å². The summed E-state index contributed by atoms with van der Waals surface area (Å²) in [7, 11) is 0. The third-order valence-electron chi connectivity index (χ3n) is 9.41. The van der Waals surface area contributed by atoms with E-state index in [9.17, 15) is 0 Å². The minimum Gasteiger partial charge on any atom is -0.310 e. The van der Waals surface area contributed by atoms with Gasteiger partial charge in [0.05, 0.1) is 5.69 Å². The molecule has 222 valence electrons. The molecule has 0 spiro atoms. The van der Waals surface area contributed by atoms with Crippen LogP contribution in [0, 0.1) is 0 Å². The molecule has 8 aromatic rings. The summed E-state index contributed by atoms with van der Waals surface area (Å²) in [5.41, 5.74) is 12.2. The van der Waals surface area contributed by atoms with Gasteiger partial charge in [0.1, 0.15) is 0 Å². The first-order valence-corrected chi connectivity index (χ1v) is 16.2. The second kappa shape index (κ2) is 11.3. The first kappa shape index (κ1) is 27.2. The molecule has 0 radical (unpaired) electrons. The first-order chi connectivity index (χ1) is 23.3. The molecule has 8 aromatic carbocycles. The van der Waals surface area contributed by atoms with Crippen LogP contribution in [0.25, 0.3) is 32.7 Å². The van der Waals surface area contributed by atoms with Crippen LogP contribution in [0.15, 0.2) is 182 Å². The molecule has 1 aliphatic heterocycles. The largest absolute Gasteiger partial charge is 0.310 e. The number of hydrogen-bond donors (Lipinski definition) is 0. The average molecular weight is 601 g/mol. The highest BCUT2D eigenvalue weighted by Gasteiger charge is 2.25. The van der Waals surface area contributed by atoms with Crippen LogP contribution >= 0.6 is 0 Å². The Balaban J connectivity index is 1.11. The molecule has 2 nitrogen and oxygen atoms in total. The molecular weight excluding hydrogens is 569 g/mol. The van der Waals surface area contributed by atoms with Crippen molar-refractivity contribution in [3.63, 3.8) is 0 Å². The Bertz CT molecular complexity index is 2390. The van der Waals surface area contributed by atoms with Gasteiger partial charge in [0, 0.05) is 40.2 Å². The van der Waals surface area contributed by atoms with Gasteiger partial charge in [0.2, 0.25) is 0 Å². The summed E-state index contributed by atoms with van der Waals surface area (Å²) in [6.07, 6.45) is 0.905. The number of rotatable bonds is 5. The highest BCUT2D eigenvalue weighted by atomic mass is 15.2. The van der Waals surface area contributed by atoms with Gasteiger partial charge in [-0.05, 0) is 99.1 Å². The van der Waals surface area contributed by atoms with Crippen molar-refractivity contribution < 1.29 is 0 Å². The van der Waals surface area contributed by atoms with Gasteiger partial charge in [-0.15, -0.1) is 0 Å². The Morgan fingerprint density at radius 1 is 0.362 bits per heavy atom. The molecule has 0 bridgehead atoms. The van der Waals surface area contributed by atoms with Gasteiger partial charge >= 0.3 is 0 Å². The van der Waals surface area contributed by atoms with Gasteiger partial charge in [-0.3, -0.25) is 0 Å². The first-order valence-electron chi connectivity index (χ1n) is 16.2. The molecule has 0 aromatic heterocycles. The third kappa shape index (κ3) is 4.83. The van der Waals surface area contributed by atoms with Gasteiger partial charge in [0.25, 0.3) is 0 Å². The molecule has 9 rings (SSSR count). The zero-order valence-electron chi connectivity index (χ0n) is 25.9. The zero-order valence-corrected chi connectivity index (χ0v) is 25.9. The fraction of sp³-hybridized carbons (Fsp3) is 0.0222. The monoisotopic (exact) mass is 600 g/mol. The molecule has 2 heteroatoms.